The van der Waals surface area contributed by atoms with Gasteiger partial charge in [-0.05, 0) is 43.4 Å². The first kappa shape index (κ1) is 14.9. The van der Waals surface area contributed by atoms with Crippen molar-refractivity contribution in [1.82, 2.24) is 9.78 Å². The van der Waals surface area contributed by atoms with E-state index in [0.29, 0.717) is 17.6 Å². The molecular formula is C17H29N3O. The second kappa shape index (κ2) is 5.99. The monoisotopic (exact) mass is 291 g/mol. The van der Waals surface area contributed by atoms with Gasteiger partial charge in [0.2, 0.25) is 0 Å². The molecule has 2 fully saturated rings. The van der Waals surface area contributed by atoms with E-state index in [1.807, 2.05) is 10.9 Å². The number of hydrogen-bond acceptors (Lipinski definition) is 3. The van der Waals surface area contributed by atoms with Crippen molar-refractivity contribution in [2.75, 3.05) is 11.9 Å². The van der Waals surface area contributed by atoms with Crippen LogP contribution in [0.1, 0.15) is 52.9 Å². The van der Waals surface area contributed by atoms with E-state index in [-0.39, 0.29) is 0 Å². The normalized spacial score (nSPS) is 32.2. The van der Waals surface area contributed by atoms with Gasteiger partial charge >= 0.3 is 0 Å². The fraction of sp³-hybridized carbons (Fsp3) is 0.824. The zero-order valence-corrected chi connectivity index (χ0v) is 13.6. The summed E-state index contributed by atoms with van der Waals surface area (Å²) < 4.78 is 7.70. The lowest BCUT2D eigenvalue weighted by Gasteiger charge is -2.39. The Morgan fingerprint density at radius 2 is 2.29 bits per heavy atom. The third-order valence-corrected chi connectivity index (χ3v) is 5.09. The summed E-state index contributed by atoms with van der Waals surface area (Å²) in [6, 6.07) is 0.582. The second-order valence-corrected chi connectivity index (χ2v) is 7.72. The first-order valence-electron chi connectivity index (χ1n) is 8.42. The zero-order chi connectivity index (χ0) is 14.9. The number of nitrogens with one attached hydrogen (secondary N) is 1. The molecule has 0 bridgehead atoms. The first-order valence-corrected chi connectivity index (χ1v) is 8.42. The van der Waals surface area contributed by atoms with Crippen LogP contribution in [0.5, 0.6) is 0 Å². The van der Waals surface area contributed by atoms with E-state index in [2.05, 4.69) is 37.4 Å². The highest BCUT2D eigenvalue weighted by molar-refractivity contribution is 5.39. The maximum absolute atomic E-state index is 5.67. The molecule has 2 heterocycles. The van der Waals surface area contributed by atoms with Gasteiger partial charge in [0.25, 0.3) is 0 Å². The topological polar surface area (TPSA) is 39.1 Å². The van der Waals surface area contributed by atoms with Gasteiger partial charge in [0.1, 0.15) is 0 Å². The fourth-order valence-corrected chi connectivity index (χ4v) is 3.91. The summed E-state index contributed by atoms with van der Waals surface area (Å²) in [5.74, 6) is 0.718. The van der Waals surface area contributed by atoms with Crippen molar-refractivity contribution in [3.05, 3.63) is 12.4 Å². The van der Waals surface area contributed by atoms with Gasteiger partial charge in [-0.15, -0.1) is 0 Å². The van der Waals surface area contributed by atoms with Crippen molar-refractivity contribution in [1.29, 1.82) is 0 Å². The minimum atomic E-state index is 0.354. The van der Waals surface area contributed by atoms with Crippen LogP contribution < -0.4 is 5.32 Å². The van der Waals surface area contributed by atoms with E-state index >= 15 is 0 Å². The molecule has 0 amide bonds. The summed E-state index contributed by atoms with van der Waals surface area (Å²) in [4.78, 5) is 0. The molecule has 3 unspecified atom stereocenters. The van der Waals surface area contributed by atoms with E-state index in [9.17, 15) is 0 Å². The molecule has 1 saturated carbocycles. The van der Waals surface area contributed by atoms with Crippen LogP contribution in [0.25, 0.3) is 0 Å². The number of rotatable bonds is 4. The third kappa shape index (κ3) is 3.79. The minimum Gasteiger partial charge on any atom is -0.380 e. The molecular weight excluding hydrogens is 262 g/mol. The molecule has 1 saturated heterocycles. The Balaban J connectivity index is 1.54. The fourth-order valence-electron chi connectivity index (χ4n) is 3.91. The molecule has 21 heavy (non-hydrogen) atoms. The minimum absolute atomic E-state index is 0.354. The predicted molar refractivity (Wildman–Crippen MR) is 85.4 cm³/mol. The van der Waals surface area contributed by atoms with E-state index in [1.165, 1.54) is 25.7 Å². The van der Waals surface area contributed by atoms with Gasteiger partial charge in [0.05, 0.1) is 24.5 Å². The summed E-state index contributed by atoms with van der Waals surface area (Å²) in [7, 11) is 0. The van der Waals surface area contributed by atoms with E-state index in [4.69, 9.17) is 4.74 Å². The lowest BCUT2D eigenvalue weighted by Crippen LogP contribution is -2.36. The summed E-state index contributed by atoms with van der Waals surface area (Å²) >= 11 is 0. The molecule has 1 N–H and O–H groups in total. The quantitative estimate of drug-likeness (QED) is 0.919. The van der Waals surface area contributed by atoms with E-state index in [1.54, 1.807) is 0 Å². The van der Waals surface area contributed by atoms with Crippen molar-refractivity contribution < 1.29 is 4.74 Å². The van der Waals surface area contributed by atoms with Gasteiger partial charge in [-0.2, -0.15) is 5.10 Å². The summed E-state index contributed by atoms with van der Waals surface area (Å²) in [6.07, 6.45) is 10.7. The van der Waals surface area contributed by atoms with Gasteiger partial charge in [-0.3, -0.25) is 4.68 Å². The average Bonchev–Trinajstić information content (AvgIpc) is 3.05. The Morgan fingerprint density at radius 1 is 1.43 bits per heavy atom. The maximum atomic E-state index is 5.67. The summed E-state index contributed by atoms with van der Waals surface area (Å²) in [5, 5.41) is 8.16. The largest absolute Gasteiger partial charge is 0.380 e. The van der Waals surface area contributed by atoms with Crippen LogP contribution >= 0.6 is 0 Å². The summed E-state index contributed by atoms with van der Waals surface area (Å²) in [5.41, 5.74) is 1.66. The Hall–Kier alpha value is -1.03. The second-order valence-electron chi connectivity index (χ2n) is 7.72. The molecule has 1 aromatic heterocycles. The van der Waals surface area contributed by atoms with Crippen LogP contribution in [-0.4, -0.2) is 28.5 Å². The number of anilines is 1. The smallest absolute Gasteiger partial charge is 0.0771 e. The third-order valence-electron chi connectivity index (χ3n) is 5.09. The molecule has 1 aliphatic carbocycles. The highest BCUT2D eigenvalue weighted by Crippen LogP contribution is 2.39. The Morgan fingerprint density at radius 3 is 3.00 bits per heavy atom. The number of ether oxygens (including phenoxy) is 1. The van der Waals surface area contributed by atoms with E-state index in [0.717, 1.165) is 31.2 Å². The van der Waals surface area contributed by atoms with Crippen molar-refractivity contribution in [3.63, 3.8) is 0 Å². The lowest BCUT2D eigenvalue weighted by atomic mass is 9.70. The SMILES string of the molecule is CC1CC(C)(C)CCC1Nc1cnn(CC2CCCO2)c1. The molecule has 0 radical (unpaired) electrons. The molecule has 3 rings (SSSR count). The molecule has 118 valence electrons. The van der Waals surface area contributed by atoms with Crippen LogP contribution in [0.4, 0.5) is 5.69 Å². The standard InChI is InChI=1S/C17H29N3O/c1-13-9-17(2,3)7-6-16(13)19-14-10-18-20(11-14)12-15-5-4-8-21-15/h10-11,13,15-16,19H,4-9,12H2,1-3H3. The first-order chi connectivity index (χ1) is 10.0. The molecule has 1 aromatic rings. The average molecular weight is 291 g/mol. The summed E-state index contributed by atoms with van der Waals surface area (Å²) in [6.45, 7) is 8.94. The van der Waals surface area contributed by atoms with Crippen LogP contribution in [0, 0.1) is 11.3 Å². The molecule has 0 aromatic carbocycles. The predicted octanol–water partition coefficient (Wildman–Crippen LogP) is 3.69. The van der Waals surface area contributed by atoms with Crippen LogP contribution in [0.15, 0.2) is 12.4 Å². The van der Waals surface area contributed by atoms with Gasteiger partial charge in [0.15, 0.2) is 0 Å². The van der Waals surface area contributed by atoms with Gasteiger partial charge < -0.3 is 10.1 Å². The lowest BCUT2D eigenvalue weighted by molar-refractivity contribution is 0.0940. The number of aromatic nitrogens is 2. The van der Waals surface area contributed by atoms with Gasteiger partial charge in [-0.25, -0.2) is 0 Å². The molecule has 1 aliphatic heterocycles. The van der Waals surface area contributed by atoms with Gasteiger partial charge in [0, 0.05) is 18.8 Å². The van der Waals surface area contributed by atoms with Crippen molar-refractivity contribution in [3.8, 4) is 0 Å². The number of hydrogen-bond donors (Lipinski definition) is 1. The van der Waals surface area contributed by atoms with Gasteiger partial charge in [-0.1, -0.05) is 20.8 Å². The Kier molecular flexibility index (Phi) is 4.25. The molecule has 0 spiro atoms. The molecule has 2 aliphatic rings. The molecule has 3 atom stereocenters. The highest BCUT2D eigenvalue weighted by Gasteiger charge is 2.32. The van der Waals surface area contributed by atoms with Crippen molar-refractivity contribution in [2.45, 2.75) is 71.6 Å². The van der Waals surface area contributed by atoms with Crippen LogP contribution in [0.2, 0.25) is 0 Å². The van der Waals surface area contributed by atoms with Crippen molar-refractivity contribution >= 4 is 5.69 Å². The number of nitrogens with zero attached hydrogens (tertiary/aromatic N) is 2. The molecule has 4 nitrogen and oxygen atoms in total. The maximum Gasteiger partial charge on any atom is 0.0771 e. The Bertz CT molecular complexity index is 462. The highest BCUT2D eigenvalue weighted by atomic mass is 16.5. The Labute approximate surface area is 128 Å². The molecule has 4 heteroatoms. The van der Waals surface area contributed by atoms with Crippen LogP contribution in [-0.2, 0) is 11.3 Å². The van der Waals surface area contributed by atoms with Crippen LogP contribution in [0.3, 0.4) is 0 Å². The zero-order valence-electron chi connectivity index (χ0n) is 13.6. The van der Waals surface area contributed by atoms with E-state index < -0.39 is 0 Å². The van der Waals surface area contributed by atoms with Crippen molar-refractivity contribution in [2.24, 2.45) is 11.3 Å².